The molecule has 0 fully saturated rings. The Hall–Kier alpha value is -1.07. The zero-order valence-corrected chi connectivity index (χ0v) is 10.4. The molecular weight excluding hydrogens is 228 g/mol. The first-order chi connectivity index (χ1) is 7.36. The third kappa shape index (κ3) is 2.96. The van der Waals surface area contributed by atoms with Crippen molar-refractivity contribution >= 4 is 9.84 Å². The minimum absolute atomic E-state index is 0.568. The van der Waals surface area contributed by atoms with Crippen molar-refractivity contribution in [2.45, 2.75) is 18.3 Å². The van der Waals surface area contributed by atoms with Crippen LogP contribution in [-0.4, -0.2) is 33.0 Å². The lowest BCUT2D eigenvalue weighted by atomic mass is 10.1. The fraction of sp³-hybridized carbons (Fsp3) is 0.455. The molecule has 0 aliphatic carbocycles. The number of sulfone groups is 1. The van der Waals surface area contributed by atoms with Gasteiger partial charge in [0, 0.05) is 6.26 Å². The van der Waals surface area contributed by atoms with E-state index in [-0.39, 0.29) is 0 Å². The molecular formula is C11H16O4S. The van der Waals surface area contributed by atoms with Crippen molar-refractivity contribution in [1.82, 2.24) is 0 Å². The summed E-state index contributed by atoms with van der Waals surface area (Å²) < 4.78 is 28.1. The van der Waals surface area contributed by atoms with E-state index in [1.165, 1.54) is 14.0 Å². The number of methoxy groups -OCH3 is 1. The van der Waals surface area contributed by atoms with Crippen LogP contribution in [0.4, 0.5) is 0 Å². The molecule has 5 heteroatoms. The van der Waals surface area contributed by atoms with Crippen molar-refractivity contribution < 1.29 is 18.3 Å². The Labute approximate surface area is 95.8 Å². The molecule has 90 valence electrons. The van der Waals surface area contributed by atoms with Crippen molar-refractivity contribution in [3.8, 4) is 5.75 Å². The van der Waals surface area contributed by atoms with Gasteiger partial charge in [-0.3, -0.25) is 0 Å². The Kier molecular flexibility index (Phi) is 3.93. The fourth-order valence-electron chi connectivity index (χ4n) is 1.68. The number of hydrogen-bond acceptors (Lipinski definition) is 4. The Morgan fingerprint density at radius 1 is 1.25 bits per heavy atom. The van der Waals surface area contributed by atoms with E-state index >= 15 is 0 Å². The molecule has 2 unspecified atom stereocenters. The van der Waals surface area contributed by atoms with Crippen molar-refractivity contribution in [2.75, 3.05) is 13.4 Å². The summed E-state index contributed by atoms with van der Waals surface area (Å²) in [5.74, 6) is 0.654. The molecule has 1 aromatic carbocycles. The molecule has 0 amide bonds. The highest BCUT2D eigenvalue weighted by molar-refractivity contribution is 7.91. The maximum Gasteiger partial charge on any atom is 0.156 e. The number of aliphatic hydroxyl groups excluding tert-OH is 1. The van der Waals surface area contributed by atoms with E-state index in [0.29, 0.717) is 11.3 Å². The number of rotatable bonds is 4. The van der Waals surface area contributed by atoms with Crippen molar-refractivity contribution in [3.05, 3.63) is 29.8 Å². The molecule has 1 aromatic rings. The van der Waals surface area contributed by atoms with Crippen molar-refractivity contribution in [1.29, 1.82) is 0 Å². The van der Waals surface area contributed by atoms with Gasteiger partial charge in [-0.1, -0.05) is 12.1 Å². The summed E-state index contributed by atoms with van der Waals surface area (Å²) in [6.45, 7) is 1.47. The standard InChI is InChI=1S/C11H16O4S/c1-8(12)11(16(3,13)14)9-4-6-10(15-2)7-5-9/h4-8,11-12H,1-3H3. The second-order valence-electron chi connectivity index (χ2n) is 3.76. The highest BCUT2D eigenvalue weighted by atomic mass is 32.2. The average molecular weight is 244 g/mol. The predicted molar refractivity (Wildman–Crippen MR) is 62.3 cm³/mol. The van der Waals surface area contributed by atoms with Gasteiger partial charge in [0.05, 0.1) is 13.2 Å². The highest BCUT2D eigenvalue weighted by Gasteiger charge is 2.27. The first-order valence-corrected chi connectivity index (χ1v) is 6.82. The first kappa shape index (κ1) is 13.0. The lowest BCUT2D eigenvalue weighted by Crippen LogP contribution is -2.22. The van der Waals surface area contributed by atoms with Gasteiger partial charge >= 0.3 is 0 Å². The van der Waals surface area contributed by atoms with Gasteiger partial charge in [0.1, 0.15) is 11.0 Å². The number of ether oxygens (including phenoxy) is 1. The third-order valence-electron chi connectivity index (χ3n) is 2.34. The second-order valence-corrected chi connectivity index (χ2v) is 5.93. The molecule has 16 heavy (non-hydrogen) atoms. The summed E-state index contributed by atoms with van der Waals surface area (Å²) in [6, 6.07) is 6.65. The molecule has 0 aliphatic rings. The molecule has 0 heterocycles. The SMILES string of the molecule is COc1ccc(C(C(C)O)S(C)(=O)=O)cc1. The van der Waals surface area contributed by atoms with E-state index in [2.05, 4.69) is 0 Å². The van der Waals surface area contributed by atoms with Crippen LogP contribution in [0.25, 0.3) is 0 Å². The maximum absolute atomic E-state index is 11.5. The Morgan fingerprint density at radius 3 is 2.06 bits per heavy atom. The molecule has 1 N–H and O–H groups in total. The van der Waals surface area contributed by atoms with Crippen LogP contribution in [0.1, 0.15) is 17.7 Å². The Morgan fingerprint density at radius 2 is 1.75 bits per heavy atom. The van der Waals surface area contributed by atoms with Crippen molar-refractivity contribution in [2.24, 2.45) is 0 Å². The second kappa shape index (κ2) is 4.84. The van der Waals surface area contributed by atoms with E-state index in [0.717, 1.165) is 6.26 Å². The molecule has 0 aromatic heterocycles. The van der Waals surface area contributed by atoms with E-state index in [4.69, 9.17) is 4.74 Å². The van der Waals surface area contributed by atoms with Crippen LogP contribution in [0.3, 0.4) is 0 Å². The topological polar surface area (TPSA) is 63.6 Å². The lowest BCUT2D eigenvalue weighted by Gasteiger charge is -2.18. The van der Waals surface area contributed by atoms with Gasteiger partial charge in [0.25, 0.3) is 0 Å². The number of aliphatic hydroxyl groups is 1. The fourth-order valence-corrected chi connectivity index (χ4v) is 3.04. The third-order valence-corrected chi connectivity index (χ3v) is 3.93. The molecule has 0 aliphatic heterocycles. The molecule has 2 atom stereocenters. The Balaban J connectivity index is 3.13. The zero-order chi connectivity index (χ0) is 12.3. The molecule has 0 bridgehead atoms. The van der Waals surface area contributed by atoms with Crippen LogP contribution in [0.5, 0.6) is 5.75 Å². The van der Waals surface area contributed by atoms with Crippen molar-refractivity contribution in [3.63, 3.8) is 0 Å². The first-order valence-electron chi connectivity index (χ1n) is 4.87. The van der Waals surface area contributed by atoms with E-state index < -0.39 is 21.2 Å². The molecule has 4 nitrogen and oxygen atoms in total. The van der Waals surface area contributed by atoms with Crippen LogP contribution in [-0.2, 0) is 9.84 Å². The molecule has 0 saturated carbocycles. The van der Waals surface area contributed by atoms with E-state index in [1.807, 2.05) is 0 Å². The maximum atomic E-state index is 11.5. The van der Waals surface area contributed by atoms with E-state index in [1.54, 1.807) is 24.3 Å². The number of benzene rings is 1. The zero-order valence-electron chi connectivity index (χ0n) is 9.54. The van der Waals surface area contributed by atoms with Crippen LogP contribution in [0.2, 0.25) is 0 Å². The Bertz CT molecular complexity index is 434. The summed E-state index contributed by atoms with van der Waals surface area (Å²) in [7, 11) is -1.79. The van der Waals surface area contributed by atoms with Gasteiger partial charge in [0.2, 0.25) is 0 Å². The smallest absolute Gasteiger partial charge is 0.156 e. The monoisotopic (exact) mass is 244 g/mol. The van der Waals surface area contributed by atoms with Crippen LogP contribution in [0, 0.1) is 0 Å². The van der Waals surface area contributed by atoms with Gasteiger partial charge < -0.3 is 9.84 Å². The molecule has 0 spiro atoms. The normalized spacial score (nSPS) is 15.5. The largest absolute Gasteiger partial charge is 0.497 e. The summed E-state index contributed by atoms with van der Waals surface area (Å²) >= 11 is 0. The summed E-state index contributed by atoms with van der Waals surface area (Å²) in [5, 5.41) is 8.63. The predicted octanol–water partition coefficient (Wildman–Crippen LogP) is 1.16. The van der Waals surface area contributed by atoms with Gasteiger partial charge in [-0.2, -0.15) is 0 Å². The van der Waals surface area contributed by atoms with Crippen LogP contribution >= 0.6 is 0 Å². The summed E-state index contributed by atoms with van der Waals surface area (Å²) in [4.78, 5) is 0. The van der Waals surface area contributed by atoms with Gasteiger partial charge in [-0.15, -0.1) is 0 Å². The average Bonchev–Trinajstić information content (AvgIpc) is 2.16. The highest BCUT2D eigenvalue weighted by Crippen LogP contribution is 2.26. The molecule has 0 radical (unpaired) electrons. The molecule has 0 saturated heterocycles. The van der Waals surface area contributed by atoms with Gasteiger partial charge in [-0.25, -0.2) is 8.42 Å². The molecule has 1 rings (SSSR count). The number of hydrogen-bond donors (Lipinski definition) is 1. The van der Waals surface area contributed by atoms with Gasteiger partial charge in [-0.05, 0) is 24.6 Å². The van der Waals surface area contributed by atoms with Crippen LogP contribution in [0.15, 0.2) is 24.3 Å². The van der Waals surface area contributed by atoms with Crippen LogP contribution < -0.4 is 4.74 Å². The quantitative estimate of drug-likeness (QED) is 0.863. The minimum Gasteiger partial charge on any atom is -0.497 e. The van der Waals surface area contributed by atoms with E-state index in [9.17, 15) is 13.5 Å². The summed E-state index contributed by atoms with van der Waals surface area (Å²) in [5.41, 5.74) is 0.568. The summed E-state index contributed by atoms with van der Waals surface area (Å²) in [6.07, 6.45) is 0.178. The van der Waals surface area contributed by atoms with Gasteiger partial charge in [0.15, 0.2) is 9.84 Å². The minimum atomic E-state index is -3.33. The lowest BCUT2D eigenvalue weighted by molar-refractivity contribution is 0.188.